The summed E-state index contributed by atoms with van der Waals surface area (Å²) in [6, 6.07) is 17.6. The van der Waals surface area contributed by atoms with E-state index in [1.54, 1.807) is 0 Å². The van der Waals surface area contributed by atoms with E-state index in [2.05, 4.69) is 17.9 Å². The zero-order valence-electron chi connectivity index (χ0n) is 15.6. The topological polar surface area (TPSA) is 45.9 Å². The minimum absolute atomic E-state index is 0.0261. The molecule has 1 aromatic heterocycles. The molecule has 0 spiro atoms. The predicted octanol–water partition coefficient (Wildman–Crippen LogP) is 3.58. The highest BCUT2D eigenvalue weighted by Gasteiger charge is 2.24. The van der Waals surface area contributed by atoms with E-state index in [1.165, 1.54) is 5.56 Å². The van der Waals surface area contributed by atoms with Crippen LogP contribution < -0.4 is 4.74 Å². The first kappa shape index (κ1) is 17.6. The van der Waals surface area contributed by atoms with E-state index in [1.807, 2.05) is 53.4 Å². The molecular formula is C22H24N2O3. The number of carbonyl (C=O) groups is 1. The standard InChI is InChI=1S/C22H24N2O3/c1-17-5-4-7-19(15-17)26-14-13-23-9-11-24(12-10-23)22(25)21-16-18-6-2-3-8-20(18)27-21/h2-8,15-16H,9-14H2,1H3. The second-order valence-corrected chi connectivity index (χ2v) is 6.95. The van der Waals surface area contributed by atoms with Crippen LogP contribution in [0.5, 0.6) is 5.75 Å². The quantitative estimate of drug-likeness (QED) is 0.694. The molecule has 27 heavy (non-hydrogen) atoms. The molecule has 0 atom stereocenters. The molecule has 5 nitrogen and oxygen atoms in total. The van der Waals surface area contributed by atoms with Gasteiger partial charge in [0.2, 0.25) is 0 Å². The lowest BCUT2D eigenvalue weighted by molar-refractivity contribution is 0.0592. The van der Waals surface area contributed by atoms with Crippen molar-refractivity contribution in [3.8, 4) is 5.75 Å². The largest absolute Gasteiger partial charge is 0.492 e. The molecule has 4 rings (SSSR count). The van der Waals surface area contributed by atoms with Gasteiger partial charge in [0.25, 0.3) is 5.91 Å². The van der Waals surface area contributed by atoms with Gasteiger partial charge in [0.15, 0.2) is 5.76 Å². The molecule has 0 saturated carbocycles. The Hall–Kier alpha value is -2.79. The molecule has 2 heterocycles. The number of amides is 1. The van der Waals surface area contributed by atoms with E-state index in [-0.39, 0.29) is 5.91 Å². The van der Waals surface area contributed by atoms with Crippen molar-refractivity contribution in [3.63, 3.8) is 0 Å². The molecule has 2 aromatic carbocycles. The molecule has 1 saturated heterocycles. The highest BCUT2D eigenvalue weighted by atomic mass is 16.5. The molecule has 0 N–H and O–H groups in total. The van der Waals surface area contributed by atoms with Crippen molar-refractivity contribution >= 4 is 16.9 Å². The van der Waals surface area contributed by atoms with Gasteiger partial charge in [-0.25, -0.2) is 0 Å². The van der Waals surface area contributed by atoms with E-state index >= 15 is 0 Å². The number of ether oxygens (including phenoxy) is 1. The van der Waals surface area contributed by atoms with Gasteiger partial charge in [-0.05, 0) is 36.8 Å². The van der Waals surface area contributed by atoms with Gasteiger partial charge in [-0.3, -0.25) is 9.69 Å². The number of hydrogen-bond donors (Lipinski definition) is 0. The summed E-state index contributed by atoms with van der Waals surface area (Å²) in [4.78, 5) is 16.9. The maximum atomic E-state index is 12.7. The molecule has 1 fully saturated rings. The molecular weight excluding hydrogens is 340 g/mol. The van der Waals surface area contributed by atoms with Crippen LogP contribution in [0.1, 0.15) is 16.1 Å². The van der Waals surface area contributed by atoms with Crippen LogP contribution in [0.4, 0.5) is 0 Å². The van der Waals surface area contributed by atoms with Crippen LogP contribution in [-0.4, -0.2) is 55.0 Å². The Balaban J connectivity index is 1.26. The van der Waals surface area contributed by atoms with Gasteiger partial charge in [0, 0.05) is 38.1 Å². The summed E-state index contributed by atoms with van der Waals surface area (Å²) in [7, 11) is 0. The zero-order valence-corrected chi connectivity index (χ0v) is 15.6. The number of aryl methyl sites for hydroxylation is 1. The van der Waals surface area contributed by atoms with Crippen LogP contribution in [0.3, 0.4) is 0 Å². The van der Waals surface area contributed by atoms with Gasteiger partial charge in [0.1, 0.15) is 17.9 Å². The average Bonchev–Trinajstić information content (AvgIpc) is 3.12. The van der Waals surface area contributed by atoms with E-state index in [4.69, 9.17) is 9.15 Å². The predicted molar refractivity (Wildman–Crippen MR) is 105 cm³/mol. The van der Waals surface area contributed by atoms with Crippen molar-refractivity contribution in [1.82, 2.24) is 9.80 Å². The number of para-hydroxylation sites is 1. The van der Waals surface area contributed by atoms with Gasteiger partial charge in [-0.2, -0.15) is 0 Å². The SMILES string of the molecule is Cc1cccc(OCCN2CCN(C(=O)c3cc4ccccc4o3)CC2)c1. The summed E-state index contributed by atoms with van der Waals surface area (Å²) in [6.07, 6.45) is 0. The third-order valence-electron chi connectivity index (χ3n) is 4.96. The fraction of sp³-hybridized carbons (Fsp3) is 0.318. The molecule has 3 aromatic rings. The fourth-order valence-electron chi connectivity index (χ4n) is 3.42. The number of fused-ring (bicyclic) bond motifs is 1. The summed E-state index contributed by atoms with van der Waals surface area (Å²) in [6.45, 7) is 6.69. The molecule has 0 unspecified atom stereocenters. The van der Waals surface area contributed by atoms with Crippen LogP contribution >= 0.6 is 0 Å². The second-order valence-electron chi connectivity index (χ2n) is 6.95. The lowest BCUT2D eigenvalue weighted by atomic mass is 10.2. The Kier molecular flexibility index (Phi) is 5.12. The van der Waals surface area contributed by atoms with Crippen molar-refractivity contribution in [3.05, 3.63) is 65.9 Å². The summed E-state index contributed by atoms with van der Waals surface area (Å²) < 4.78 is 11.5. The van der Waals surface area contributed by atoms with Crippen molar-refractivity contribution in [2.24, 2.45) is 0 Å². The molecule has 140 valence electrons. The van der Waals surface area contributed by atoms with Crippen LogP contribution in [0.25, 0.3) is 11.0 Å². The lowest BCUT2D eigenvalue weighted by Crippen LogP contribution is -2.49. The maximum absolute atomic E-state index is 12.7. The first-order valence-electron chi connectivity index (χ1n) is 9.39. The first-order valence-corrected chi connectivity index (χ1v) is 9.39. The Bertz CT molecular complexity index is 893. The molecule has 0 aliphatic carbocycles. The van der Waals surface area contributed by atoms with Gasteiger partial charge in [0.05, 0.1) is 0 Å². The van der Waals surface area contributed by atoms with Crippen LogP contribution in [0, 0.1) is 6.92 Å². The minimum atomic E-state index is -0.0261. The Labute approximate surface area is 159 Å². The third-order valence-corrected chi connectivity index (χ3v) is 4.96. The van der Waals surface area contributed by atoms with Crippen LogP contribution in [0.15, 0.2) is 59.0 Å². The van der Waals surface area contributed by atoms with Crippen molar-refractivity contribution < 1.29 is 13.9 Å². The van der Waals surface area contributed by atoms with E-state index < -0.39 is 0 Å². The number of piperazine rings is 1. The van der Waals surface area contributed by atoms with Gasteiger partial charge in [-0.15, -0.1) is 0 Å². The smallest absolute Gasteiger partial charge is 0.289 e. The van der Waals surface area contributed by atoms with Crippen LogP contribution in [-0.2, 0) is 0 Å². The number of nitrogens with zero attached hydrogens (tertiary/aromatic N) is 2. The molecule has 1 aliphatic heterocycles. The summed E-state index contributed by atoms with van der Waals surface area (Å²) >= 11 is 0. The lowest BCUT2D eigenvalue weighted by Gasteiger charge is -2.34. The summed E-state index contributed by atoms with van der Waals surface area (Å²) in [5.74, 6) is 1.31. The van der Waals surface area contributed by atoms with Crippen molar-refractivity contribution in [2.45, 2.75) is 6.92 Å². The Morgan fingerprint density at radius 3 is 2.63 bits per heavy atom. The monoisotopic (exact) mass is 364 g/mol. The zero-order chi connectivity index (χ0) is 18.6. The van der Waals surface area contributed by atoms with Crippen LogP contribution in [0.2, 0.25) is 0 Å². The van der Waals surface area contributed by atoms with Crippen molar-refractivity contribution in [2.75, 3.05) is 39.3 Å². The third kappa shape index (κ3) is 4.14. The van der Waals surface area contributed by atoms with Gasteiger partial charge < -0.3 is 14.1 Å². The highest BCUT2D eigenvalue weighted by Crippen LogP contribution is 2.20. The highest BCUT2D eigenvalue weighted by molar-refractivity contribution is 5.96. The number of rotatable bonds is 5. The molecule has 5 heteroatoms. The van der Waals surface area contributed by atoms with E-state index in [9.17, 15) is 4.79 Å². The van der Waals surface area contributed by atoms with E-state index in [0.29, 0.717) is 25.5 Å². The second kappa shape index (κ2) is 7.84. The first-order chi connectivity index (χ1) is 13.2. The normalized spacial score (nSPS) is 15.2. The van der Waals surface area contributed by atoms with Gasteiger partial charge >= 0.3 is 0 Å². The number of benzene rings is 2. The number of hydrogen-bond acceptors (Lipinski definition) is 4. The molecule has 0 bridgehead atoms. The Morgan fingerprint density at radius 1 is 1.04 bits per heavy atom. The van der Waals surface area contributed by atoms with Crippen molar-refractivity contribution in [1.29, 1.82) is 0 Å². The minimum Gasteiger partial charge on any atom is -0.492 e. The van der Waals surface area contributed by atoms with Gasteiger partial charge in [-0.1, -0.05) is 30.3 Å². The molecule has 0 radical (unpaired) electrons. The maximum Gasteiger partial charge on any atom is 0.289 e. The molecule has 1 aliphatic rings. The fourth-order valence-corrected chi connectivity index (χ4v) is 3.42. The number of furan rings is 1. The number of carbonyl (C=O) groups excluding carboxylic acids is 1. The average molecular weight is 364 g/mol. The summed E-state index contributed by atoms with van der Waals surface area (Å²) in [5.41, 5.74) is 1.96. The summed E-state index contributed by atoms with van der Waals surface area (Å²) in [5, 5.41) is 0.966. The Morgan fingerprint density at radius 2 is 1.85 bits per heavy atom. The molecule has 1 amide bonds. The van der Waals surface area contributed by atoms with E-state index in [0.717, 1.165) is 36.4 Å².